The molecule has 3 aromatic rings. The highest BCUT2D eigenvalue weighted by molar-refractivity contribution is 6.50. The summed E-state index contributed by atoms with van der Waals surface area (Å²) >= 11 is 0. The number of carbonyl (C=O) groups is 2. The van der Waals surface area contributed by atoms with Gasteiger partial charge in [-0.1, -0.05) is 24.3 Å². The van der Waals surface area contributed by atoms with E-state index in [1.165, 1.54) is 0 Å². The molecule has 9 nitrogen and oxygen atoms in total. The van der Waals surface area contributed by atoms with Crippen LogP contribution in [0.3, 0.4) is 0 Å². The summed E-state index contributed by atoms with van der Waals surface area (Å²) < 4.78 is 0. The maximum Gasteiger partial charge on any atom is 0.272 e. The number of carbonyl (C=O) groups excluding carboxylic acids is 2. The molecular formula is C19H15N7O2. The predicted molar refractivity (Wildman–Crippen MR) is 102 cm³/mol. The van der Waals surface area contributed by atoms with Gasteiger partial charge in [0, 0.05) is 0 Å². The van der Waals surface area contributed by atoms with Crippen LogP contribution in [-0.2, 0) is 15.1 Å². The average Bonchev–Trinajstić information content (AvgIpc) is 3.33. The first kappa shape index (κ1) is 17.4. The molecule has 0 fully saturated rings. The van der Waals surface area contributed by atoms with E-state index in [2.05, 4.69) is 25.6 Å². The van der Waals surface area contributed by atoms with Crippen molar-refractivity contribution in [2.24, 2.45) is 10.7 Å². The molecule has 1 aliphatic heterocycles. The van der Waals surface area contributed by atoms with E-state index in [1.54, 1.807) is 36.4 Å². The fourth-order valence-electron chi connectivity index (χ4n) is 3.20. The number of nitriles is 1. The minimum atomic E-state index is -1.70. The third kappa shape index (κ3) is 2.60. The van der Waals surface area contributed by atoms with Crippen LogP contribution in [-0.4, -0.2) is 34.2 Å². The summed E-state index contributed by atoms with van der Waals surface area (Å²) in [6.07, 6.45) is 0. The van der Waals surface area contributed by atoms with Gasteiger partial charge in [-0.05, 0) is 24.3 Å². The number of amides is 2. The van der Waals surface area contributed by atoms with Crippen molar-refractivity contribution in [3.05, 3.63) is 59.9 Å². The standard InChI is InChI=1S/C19H15N7O2/c20-9-11-5-1-2-6-12(11)24-16(27)15-19(17(21)28,23-10-22-15)18-25-13-7-3-4-8-14(13)26-18/h1-8,23H,10H2,(H2,21,28)(H,24,27)(H,25,26). The molecule has 138 valence electrons. The molecule has 0 aliphatic carbocycles. The van der Waals surface area contributed by atoms with Gasteiger partial charge in [-0.3, -0.25) is 19.9 Å². The van der Waals surface area contributed by atoms with Gasteiger partial charge in [-0.15, -0.1) is 0 Å². The van der Waals surface area contributed by atoms with Crippen molar-refractivity contribution in [2.75, 3.05) is 12.0 Å². The molecule has 0 bridgehead atoms. The van der Waals surface area contributed by atoms with Crippen LogP contribution in [0.25, 0.3) is 11.0 Å². The molecule has 28 heavy (non-hydrogen) atoms. The second-order valence-corrected chi connectivity index (χ2v) is 6.17. The molecule has 2 heterocycles. The first-order valence-electron chi connectivity index (χ1n) is 8.42. The number of rotatable bonds is 4. The second-order valence-electron chi connectivity index (χ2n) is 6.17. The number of aromatic amines is 1. The number of nitrogens with zero attached hydrogens (tertiary/aromatic N) is 3. The zero-order chi connectivity index (χ0) is 19.7. The van der Waals surface area contributed by atoms with Crippen LogP contribution < -0.4 is 16.4 Å². The number of aromatic nitrogens is 2. The molecule has 5 N–H and O–H groups in total. The van der Waals surface area contributed by atoms with Crippen molar-refractivity contribution in [2.45, 2.75) is 5.54 Å². The minimum absolute atomic E-state index is 0.0165. The van der Waals surface area contributed by atoms with Crippen molar-refractivity contribution in [3.8, 4) is 6.07 Å². The molecule has 0 saturated heterocycles. The van der Waals surface area contributed by atoms with Crippen LogP contribution >= 0.6 is 0 Å². The molecule has 9 heteroatoms. The number of nitrogens with one attached hydrogen (secondary N) is 3. The predicted octanol–water partition coefficient (Wildman–Crippen LogP) is 0.756. The summed E-state index contributed by atoms with van der Waals surface area (Å²) in [5, 5.41) is 14.7. The Kier molecular flexibility index (Phi) is 4.10. The van der Waals surface area contributed by atoms with E-state index >= 15 is 0 Å². The number of benzene rings is 2. The molecular weight excluding hydrogens is 358 g/mol. The van der Waals surface area contributed by atoms with Crippen molar-refractivity contribution >= 4 is 34.2 Å². The SMILES string of the molecule is N#Cc1ccccc1NC(=O)C1=NCNC1(C(N)=O)c1nc2ccccc2[nH]1. The maximum absolute atomic E-state index is 13.0. The van der Waals surface area contributed by atoms with Gasteiger partial charge in [0.1, 0.15) is 17.6 Å². The number of para-hydroxylation sites is 3. The van der Waals surface area contributed by atoms with Crippen LogP contribution in [0.1, 0.15) is 11.4 Å². The number of hydrogen-bond acceptors (Lipinski definition) is 6. The Balaban J connectivity index is 1.76. The van der Waals surface area contributed by atoms with Crippen molar-refractivity contribution in [1.29, 1.82) is 5.26 Å². The number of anilines is 1. The van der Waals surface area contributed by atoms with Crippen LogP contribution in [0.2, 0.25) is 0 Å². The number of H-pyrrole nitrogens is 1. The topological polar surface area (TPSA) is 149 Å². The van der Waals surface area contributed by atoms with Gasteiger partial charge in [-0.25, -0.2) is 4.98 Å². The first-order valence-corrected chi connectivity index (χ1v) is 8.42. The largest absolute Gasteiger partial charge is 0.367 e. The molecule has 1 aliphatic rings. The number of hydrogen-bond donors (Lipinski definition) is 4. The Hall–Kier alpha value is -4.03. The molecule has 0 radical (unpaired) electrons. The Morgan fingerprint density at radius 1 is 1.18 bits per heavy atom. The fourth-order valence-corrected chi connectivity index (χ4v) is 3.20. The zero-order valence-electron chi connectivity index (χ0n) is 14.6. The molecule has 4 rings (SSSR count). The lowest BCUT2D eigenvalue weighted by Crippen LogP contribution is -2.58. The summed E-state index contributed by atoms with van der Waals surface area (Å²) in [6, 6.07) is 15.8. The number of imidazole rings is 1. The van der Waals surface area contributed by atoms with E-state index < -0.39 is 17.4 Å². The summed E-state index contributed by atoms with van der Waals surface area (Å²) in [5.74, 6) is -1.28. The van der Waals surface area contributed by atoms with Gasteiger partial charge >= 0.3 is 0 Å². The average molecular weight is 373 g/mol. The highest BCUT2D eigenvalue weighted by Gasteiger charge is 2.52. The first-order chi connectivity index (χ1) is 13.6. The number of fused-ring (bicyclic) bond motifs is 1. The molecule has 1 atom stereocenters. The number of primary amides is 1. The second kappa shape index (κ2) is 6.61. The maximum atomic E-state index is 13.0. The van der Waals surface area contributed by atoms with Gasteiger partial charge in [-0.2, -0.15) is 5.26 Å². The molecule has 2 amide bonds. The summed E-state index contributed by atoms with van der Waals surface area (Å²) in [5.41, 5.74) is 5.79. The third-order valence-corrected chi connectivity index (χ3v) is 4.56. The van der Waals surface area contributed by atoms with Crippen LogP contribution in [0, 0.1) is 11.3 Å². The van der Waals surface area contributed by atoms with Crippen LogP contribution in [0.15, 0.2) is 53.5 Å². The smallest absolute Gasteiger partial charge is 0.272 e. The Bertz CT molecular complexity index is 1140. The lowest BCUT2D eigenvalue weighted by molar-refractivity contribution is -0.123. The van der Waals surface area contributed by atoms with Gasteiger partial charge < -0.3 is 16.0 Å². The highest BCUT2D eigenvalue weighted by atomic mass is 16.2. The van der Waals surface area contributed by atoms with E-state index in [0.29, 0.717) is 16.7 Å². The fraction of sp³-hybridized carbons (Fsp3) is 0.105. The van der Waals surface area contributed by atoms with E-state index in [4.69, 9.17) is 5.73 Å². The molecule has 1 unspecified atom stereocenters. The summed E-state index contributed by atoms with van der Waals surface area (Å²) in [6.45, 7) is 0.0165. The van der Waals surface area contributed by atoms with Crippen molar-refractivity contribution in [1.82, 2.24) is 15.3 Å². The van der Waals surface area contributed by atoms with E-state index in [-0.39, 0.29) is 23.8 Å². The Labute approximate surface area is 159 Å². The van der Waals surface area contributed by atoms with Gasteiger partial charge in [0.15, 0.2) is 0 Å². The summed E-state index contributed by atoms with van der Waals surface area (Å²) in [4.78, 5) is 37.1. The Morgan fingerprint density at radius 2 is 1.93 bits per heavy atom. The van der Waals surface area contributed by atoms with Gasteiger partial charge in [0.2, 0.25) is 5.54 Å². The molecule has 0 spiro atoms. The lowest BCUT2D eigenvalue weighted by Gasteiger charge is -2.25. The third-order valence-electron chi connectivity index (χ3n) is 4.56. The van der Waals surface area contributed by atoms with Gasteiger partial charge in [0.05, 0.1) is 29.0 Å². The quantitative estimate of drug-likeness (QED) is 0.532. The normalized spacial score (nSPS) is 18.5. The Morgan fingerprint density at radius 3 is 2.68 bits per heavy atom. The molecule has 2 aromatic carbocycles. The van der Waals surface area contributed by atoms with Gasteiger partial charge in [0.25, 0.3) is 11.8 Å². The molecule has 1 aromatic heterocycles. The van der Waals surface area contributed by atoms with Crippen molar-refractivity contribution in [3.63, 3.8) is 0 Å². The lowest BCUT2D eigenvalue weighted by atomic mass is 9.91. The summed E-state index contributed by atoms with van der Waals surface area (Å²) in [7, 11) is 0. The number of aliphatic imine (C=N–C) groups is 1. The monoisotopic (exact) mass is 373 g/mol. The van der Waals surface area contributed by atoms with Crippen LogP contribution in [0.5, 0.6) is 0 Å². The van der Waals surface area contributed by atoms with E-state index in [1.807, 2.05) is 18.2 Å². The van der Waals surface area contributed by atoms with Crippen LogP contribution in [0.4, 0.5) is 5.69 Å². The molecule has 0 saturated carbocycles. The highest BCUT2D eigenvalue weighted by Crippen LogP contribution is 2.27. The van der Waals surface area contributed by atoms with E-state index in [9.17, 15) is 14.9 Å². The zero-order valence-corrected chi connectivity index (χ0v) is 14.6. The van der Waals surface area contributed by atoms with Crippen molar-refractivity contribution < 1.29 is 9.59 Å². The van der Waals surface area contributed by atoms with E-state index in [0.717, 1.165) is 0 Å². The minimum Gasteiger partial charge on any atom is -0.367 e. The number of nitrogens with two attached hydrogens (primary N) is 1.